The Morgan fingerprint density at radius 2 is 2.06 bits per heavy atom. The molecule has 3 heterocycles. The molecular weight excluding hydrogens is 406 g/mol. The van der Waals surface area contributed by atoms with Gasteiger partial charge in [-0.3, -0.25) is 4.79 Å². The summed E-state index contributed by atoms with van der Waals surface area (Å²) < 4.78 is 14.6. The zero-order chi connectivity index (χ0) is 22.8. The normalized spacial score (nSPS) is 20.3. The molecule has 2 aromatic rings. The lowest BCUT2D eigenvalue weighted by atomic mass is 9.83. The first-order valence-electron chi connectivity index (χ1n) is 11.6. The minimum Gasteiger partial charge on any atom is -0.490 e. The Morgan fingerprint density at radius 1 is 1.31 bits per heavy atom. The summed E-state index contributed by atoms with van der Waals surface area (Å²) in [5.41, 5.74) is 2.98. The maximum atomic E-state index is 12.7. The Balaban J connectivity index is 1.67. The van der Waals surface area contributed by atoms with Crippen LogP contribution in [0.3, 0.4) is 0 Å². The maximum absolute atomic E-state index is 12.7. The number of carboxylic acids is 1. The van der Waals surface area contributed by atoms with Crippen molar-refractivity contribution in [3.63, 3.8) is 0 Å². The first kappa shape index (κ1) is 21.1. The molecule has 170 valence electrons. The fourth-order valence-corrected chi connectivity index (χ4v) is 5.17. The van der Waals surface area contributed by atoms with E-state index in [-0.39, 0.29) is 23.1 Å². The van der Waals surface area contributed by atoms with Crippen LogP contribution in [0.1, 0.15) is 74.5 Å². The van der Waals surface area contributed by atoms with Crippen LogP contribution in [0.15, 0.2) is 23.1 Å². The van der Waals surface area contributed by atoms with Crippen molar-refractivity contribution in [1.82, 2.24) is 4.57 Å². The summed E-state index contributed by atoms with van der Waals surface area (Å²) in [7, 11) is 0. The number of carbonyl (C=O) groups is 1. The van der Waals surface area contributed by atoms with Gasteiger partial charge in [-0.05, 0) is 50.2 Å². The number of fused-ring (bicyclic) bond motifs is 5. The summed E-state index contributed by atoms with van der Waals surface area (Å²) in [6.45, 7) is 9.07. The van der Waals surface area contributed by atoms with E-state index in [0.29, 0.717) is 13.0 Å². The van der Waals surface area contributed by atoms with Crippen LogP contribution < -0.4 is 14.9 Å². The fourth-order valence-electron chi connectivity index (χ4n) is 5.17. The number of hydrogen-bond donors (Lipinski definition) is 1. The summed E-state index contributed by atoms with van der Waals surface area (Å²) in [5.74, 6) is 1.45. The van der Waals surface area contributed by atoms with Crippen LogP contribution >= 0.6 is 0 Å². The molecule has 1 atom stereocenters. The smallest absolute Gasteiger partial charge is 0.341 e. The van der Waals surface area contributed by atoms with E-state index in [1.807, 2.05) is 4.57 Å². The number of pyridine rings is 1. The van der Waals surface area contributed by atoms with Crippen molar-refractivity contribution in [1.29, 1.82) is 0 Å². The number of nitrogens with zero attached hydrogens (tertiary/aromatic N) is 1. The highest BCUT2D eigenvalue weighted by Gasteiger charge is 2.39. The number of hydrogen-bond acceptors (Lipinski definition) is 4. The highest BCUT2D eigenvalue weighted by molar-refractivity contribution is 5.88. The second-order valence-electron chi connectivity index (χ2n) is 10.5. The van der Waals surface area contributed by atoms with Gasteiger partial charge in [0.25, 0.3) is 0 Å². The third kappa shape index (κ3) is 3.59. The number of carboxylic acid groups (broad SMARTS) is 1. The first-order chi connectivity index (χ1) is 15.1. The maximum Gasteiger partial charge on any atom is 0.341 e. The number of ether oxygens (including phenoxy) is 2. The van der Waals surface area contributed by atoms with Crippen LogP contribution in [-0.4, -0.2) is 27.9 Å². The Labute approximate surface area is 188 Å². The van der Waals surface area contributed by atoms with Gasteiger partial charge in [-0.1, -0.05) is 26.7 Å². The molecular formula is C26H31NO5. The first-order valence-corrected chi connectivity index (χ1v) is 11.6. The van der Waals surface area contributed by atoms with Gasteiger partial charge in [-0.25, -0.2) is 4.79 Å². The summed E-state index contributed by atoms with van der Waals surface area (Å²) in [6, 6.07) is 3.65. The third-order valence-corrected chi connectivity index (χ3v) is 7.01. The van der Waals surface area contributed by atoms with Gasteiger partial charge >= 0.3 is 5.97 Å². The van der Waals surface area contributed by atoms with Crippen LogP contribution in [0.4, 0.5) is 0 Å². The van der Waals surface area contributed by atoms with Crippen LogP contribution in [0.5, 0.6) is 11.5 Å². The van der Waals surface area contributed by atoms with Gasteiger partial charge in [0.2, 0.25) is 0 Å². The van der Waals surface area contributed by atoms with Gasteiger partial charge in [0.1, 0.15) is 11.2 Å². The monoisotopic (exact) mass is 437 g/mol. The number of aromatic nitrogens is 1. The minimum absolute atomic E-state index is 0.0592. The van der Waals surface area contributed by atoms with E-state index < -0.39 is 11.4 Å². The molecule has 6 nitrogen and oxygen atoms in total. The van der Waals surface area contributed by atoms with E-state index in [9.17, 15) is 14.7 Å². The Bertz CT molecular complexity index is 1160. The van der Waals surface area contributed by atoms with E-state index in [0.717, 1.165) is 52.6 Å². The molecule has 0 radical (unpaired) electrons. The molecule has 1 aromatic heterocycles. The lowest BCUT2D eigenvalue weighted by molar-refractivity contribution is 0.0694. The molecule has 0 amide bonds. The SMILES string of the molecule is CC(C)[C@H]1Cc2cc(OCCC3CC3)c3c(c2-c2cc(=O)c(C(=O)O)cn21)CC(C)(C)O3. The van der Waals surface area contributed by atoms with Crippen LogP contribution in [0, 0.1) is 11.8 Å². The molecule has 2 aliphatic heterocycles. The van der Waals surface area contributed by atoms with Crippen LogP contribution in [-0.2, 0) is 12.8 Å². The van der Waals surface area contributed by atoms with Crippen molar-refractivity contribution < 1.29 is 19.4 Å². The topological polar surface area (TPSA) is 77.8 Å². The molecule has 1 N–H and O–H groups in total. The molecule has 1 saturated carbocycles. The second-order valence-corrected chi connectivity index (χ2v) is 10.5. The molecule has 0 saturated heterocycles. The predicted octanol–water partition coefficient (Wildman–Crippen LogP) is 4.86. The molecule has 0 bridgehead atoms. The molecule has 5 rings (SSSR count). The number of benzene rings is 1. The lowest BCUT2D eigenvalue weighted by Gasteiger charge is -2.34. The van der Waals surface area contributed by atoms with Gasteiger partial charge in [0.05, 0.1) is 12.3 Å². The second kappa shape index (κ2) is 7.39. The molecule has 1 aromatic carbocycles. The molecule has 1 fully saturated rings. The van der Waals surface area contributed by atoms with Crippen molar-refractivity contribution in [3.8, 4) is 22.8 Å². The molecule has 32 heavy (non-hydrogen) atoms. The molecule has 6 heteroatoms. The van der Waals surface area contributed by atoms with Crippen molar-refractivity contribution in [2.24, 2.45) is 11.8 Å². The third-order valence-electron chi connectivity index (χ3n) is 7.01. The zero-order valence-corrected chi connectivity index (χ0v) is 19.2. The van der Waals surface area contributed by atoms with E-state index in [4.69, 9.17) is 9.47 Å². The zero-order valence-electron chi connectivity index (χ0n) is 19.2. The predicted molar refractivity (Wildman–Crippen MR) is 122 cm³/mol. The summed E-state index contributed by atoms with van der Waals surface area (Å²) in [6.07, 6.45) is 6.67. The molecule has 1 aliphatic carbocycles. The molecule has 0 spiro atoms. The average molecular weight is 438 g/mol. The summed E-state index contributed by atoms with van der Waals surface area (Å²) in [5, 5.41) is 9.52. The van der Waals surface area contributed by atoms with E-state index in [2.05, 4.69) is 33.8 Å². The number of rotatable bonds is 6. The Hall–Kier alpha value is -2.76. The highest BCUT2D eigenvalue weighted by Crippen LogP contribution is 2.51. The van der Waals surface area contributed by atoms with Gasteiger partial charge in [0, 0.05) is 35.9 Å². The highest BCUT2D eigenvalue weighted by atomic mass is 16.5. The fraction of sp³-hybridized carbons (Fsp3) is 0.538. The molecule has 3 aliphatic rings. The van der Waals surface area contributed by atoms with Crippen LogP contribution in [0.25, 0.3) is 11.3 Å². The minimum atomic E-state index is -1.19. The van der Waals surface area contributed by atoms with Crippen molar-refractivity contribution in [3.05, 3.63) is 45.2 Å². The van der Waals surface area contributed by atoms with Crippen LogP contribution in [0.2, 0.25) is 0 Å². The van der Waals surface area contributed by atoms with Gasteiger partial charge < -0.3 is 19.1 Å². The van der Waals surface area contributed by atoms with Gasteiger partial charge in [-0.15, -0.1) is 0 Å². The number of aromatic carboxylic acids is 1. The molecule has 0 unspecified atom stereocenters. The van der Waals surface area contributed by atoms with E-state index in [1.165, 1.54) is 25.1 Å². The Kier molecular flexibility index (Phi) is 4.88. The Morgan fingerprint density at radius 3 is 2.72 bits per heavy atom. The van der Waals surface area contributed by atoms with Crippen molar-refractivity contribution >= 4 is 5.97 Å². The standard InChI is InChI=1S/C26H31NO5/c1-14(2)19-9-16-10-22(31-8-7-15-5-6-15)24-17(12-26(3,4)32-24)23(16)20-11-21(28)18(25(29)30)13-27(19)20/h10-11,13-15,19H,5-9,12H2,1-4H3,(H,29,30)/t19-/m1/s1. The average Bonchev–Trinajstić information content (AvgIpc) is 3.46. The largest absolute Gasteiger partial charge is 0.490 e. The lowest BCUT2D eigenvalue weighted by Crippen LogP contribution is -2.29. The van der Waals surface area contributed by atoms with Gasteiger partial charge in [0.15, 0.2) is 16.9 Å². The summed E-state index contributed by atoms with van der Waals surface area (Å²) >= 11 is 0. The quantitative estimate of drug-likeness (QED) is 0.698. The van der Waals surface area contributed by atoms with E-state index in [1.54, 1.807) is 0 Å². The van der Waals surface area contributed by atoms with Gasteiger partial charge in [-0.2, -0.15) is 0 Å². The van der Waals surface area contributed by atoms with Crippen molar-refractivity contribution in [2.45, 2.75) is 71.4 Å². The van der Waals surface area contributed by atoms with Crippen molar-refractivity contribution in [2.75, 3.05) is 6.61 Å². The van der Waals surface area contributed by atoms with E-state index >= 15 is 0 Å². The summed E-state index contributed by atoms with van der Waals surface area (Å²) in [4.78, 5) is 24.3.